The van der Waals surface area contributed by atoms with E-state index in [4.69, 9.17) is 0 Å². The second-order valence-electron chi connectivity index (χ2n) is 6.13. The van der Waals surface area contributed by atoms with Gasteiger partial charge in [-0.3, -0.25) is 0 Å². The van der Waals surface area contributed by atoms with Crippen molar-refractivity contribution in [2.45, 2.75) is 73.3 Å². The van der Waals surface area contributed by atoms with Crippen molar-refractivity contribution in [3.63, 3.8) is 0 Å². The van der Waals surface area contributed by atoms with Crippen LogP contribution in [0.4, 0.5) is 0 Å². The van der Waals surface area contributed by atoms with Gasteiger partial charge < -0.3 is 5.32 Å². The maximum atomic E-state index is 3.41. The fourth-order valence-corrected chi connectivity index (χ4v) is 2.22. The molecule has 1 nitrogen and oxygen atoms in total. The Morgan fingerprint density at radius 3 is 2.36 bits per heavy atom. The van der Waals surface area contributed by atoms with Crippen LogP contribution >= 0.6 is 0 Å². The van der Waals surface area contributed by atoms with Gasteiger partial charge in [-0.25, -0.2) is 0 Å². The topological polar surface area (TPSA) is 12.0 Å². The van der Waals surface area contributed by atoms with Gasteiger partial charge in [-0.15, -0.1) is 0 Å². The third-order valence-corrected chi connectivity index (χ3v) is 4.28. The van der Waals surface area contributed by atoms with E-state index in [1.165, 1.54) is 23.1 Å². The van der Waals surface area contributed by atoms with Crippen LogP contribution in [0, 0.1) is 17.8 Å². The molecule has 0 heterocycles. The van der Waals surface area contributed by atoms with Gasteiger partial charge in [-0.2, -0.15) is 0 Å². The minimum absolute atomic E-state index is 0.443. The summed E-state index contributed by atoms with van der Waals surface area (Å²) in [6.07, 6.45) is 10.9. The van der Waals surface area contributed by atoms with E-state index >= 15 is 0 Å². The molecule has 2 unspecified atom stereocenters. The number of nitrogens with one attached hydrogen (secondary N) is 1. The van der Waals surface area contributed by atoms with Crippen molar-refractivity contribution in [2.24, 2.45) is 5.92 Å². The Bertz CT molecular complexity index is 454. The standard InChI is InChI=1S/C21H35N/c1-8-17(4)15-20(16-18(5)9-2)13-11-12-14-21(22-7)19(6)10-3/h8,10,15,18,21-22H,9,12,14,16H2,1-7H3/b17-8-,19-10+,20-15+. The highest BCUT2D eigenvalue weighted by Gasteiger charge is 2.06. The fraction of sp³-hybridized carbons (Fsp3) is 0.619. The zero-order chi connectivity index (χ0) is 17.0. The highest BCUT2D eigenvalue weighted by atomic mass is 14.9. The van der Waals surface area contributed by atoms with E-state index < -0.39 is 0 Å². The predicted octanol–water partition coefficient (Wildman–Crippen LogP) is 5.65. The van der Waals surface area contributed by atoms with E-state index in [9.17, 15) is 0 Å². The normalized spacial score (nSPS) is 16.0. The molecule has 22 heavy (non-hydrogen) atoms. The number of likely N-dealkylation sites (N-methyl/N-ethyl adjacent to an activating group) is 1. The quantitative estimate of drug-likeness (QED) is 0.347. The van der Waals surface area contributed by atoms with Gasteiger partial charge in [0.25, 0.3) is 0 Å². The number of hydrogen-bond donors (Lipinski definition) is 1. The molecule has 0 radical (unpaired) electrons. The lowest BCUT2D eigenvalue weighted by molar-refractivity contribution is 0.563. The summed E-state index contributed by atoms with van der Waals surface area (Å²) >= 11 is 0. The molecule has 0 aromatic carbocycles. The zero-order valence-corrected chi connectivity index (χ0v) is 15.7. The fourth-order valence-electron chi connectivity index (χ4n) is 2.22. The van der Waals surface area contributed by atoms with Crippen molar-refractivity contribution in [2.75, 3.05) is 7.05 Å². The Balaban J connectivity index is 4.79. The minimum atomic E-state index is 0.443. The summed E-state index contributed by atoms with van der Waals surface area (Å²) in [5.74, 6) is 7.48. The molecular formula is C21H35N. The smallest absolute Gasteiger partial charge is 0.0282 e. The number of hydrogen-bond acceptors (Lipinski definition) is 1. The summed E-state index contributed by atoms with van der Waals surface area (Å²) in [4.78, 5) is 0. The van der Waals surface area contributed by atoms with Crippen molar-refractivity contribution in [3.05, 3.63) is 34.9 Å². The summed E-state index contributed by atoms with van der Waals surface area (Å²) in [6.45, 7) is 13.0. The van der Waals surface area contributed by atoms with Gasteiger partial charge in [0, 0.05) is 18.0 Å². The molecule has 1 heteroatoms. The first kappa shape index (κ1) is 20.7. The Kier molecular flexibility index (Phi) is 11.6. The van der Waals surface area contributed by atoms with E-state index in [1.807, 2.05) is 7.05 Å². The summed E-state index contributed by atoms with van der Waals surface area (Å²) in [5, 5.41) is 3.36. The van der Waals surface area contributed by atoms with E-state index in [1.54, 1.807) is 0 Å². The molecule has 0 bridgehead atoms. The molecule has 0 amide bonds. The Morgan fingerprint density at radius 1 is 1.18 bits per heavy atom. The molecule has 0 saturated heterocycles. The van der Waals surface area contributed by atoms with Crippen LogP contribution in [-0.2, 0) is 0 Å². The molecule has 0 saturated carbocycles. The SMILES string of the molecule is C/C=C(C)\C=C(/C#CCCC(NC)/C(C)=C/C)CC(C)CC. The molecule has 0 aliphatic heterocycles. The first-order valence-electron chi connectivity index (χ1n) is 8.60. The van der Waals surface area contributed by atoms with Crippen LogP contribution in [0.5, 0.6) is 0 Å². The van der Waals surface area contributed by atoms with Gasteiger partial charge in [0.15, 0.2) is 0 Å². The molecule has 0 aromatic rings. The van der Waals surface area contributed by atoms with Gasteiger partial charge in [0.1, 0.15) is 0 Å². The first-order chi connectivity index (χ1) is 10.5. The van der Waals surface area contributed by atoms with Gasteiger partial charge >= 0.3 is 0 Å². The second-order valence-corrected chi connectivity index (χ2v) is 6.13. The lowest BCUT2D eigenvalue weighted by Gasteiger charge is -2.15. The third-order valence-electron chi connectivity index (χ3n) is 4.28. The molecule has 0 aliphatic carbocycles. The van der Waals surface area contributed by atoms with E-state index in [0.717, 1.165) is 19.3 Å². The number of allylic oxidation sites excluding steroid dienone is 5. The van der Waals surface area contributed by atoms with Gasteiger partial charge in [-0.1, -0.05) is 55.4 Å². The van der Waals surface area contributed by atoms with Crippen LogP contribution in [0.3, 0.4) is 0 Å². The van der Waals surface area contributed by atoms with Crippen LogP contribution in [-0.4, -0.2) is 13.1 Å². The largest absolute Gasteiger partial charge is 0.313 e. The average Bonchev–Trinajstić information content (AvgIpc) is 2.53. The van der Waals surface area contributed by atoms with E-state index in [2.05, 4.69) is 76.9 Å². The Hall–Kier alpha value is -1.26. The maximum Gasteiger partial charge on any atom is 0.0282 e. The van der Waals surface area contributed by atoms with Crippen LogP contribution in [0.1, 0.15) is 67.2 Å². The lowest BCUT2D eigenvalue weighted by Crippen LogP contribution is -2.25. The van der Waals surface area contributed by atoms with Crippen molar-refractivity contribution in [3.8, 4) is 11.8 Å². The van der Waals surface area contributed by atoms with Crippen LogP contribution < -0.4 is 5.32 Å². The zero-order valence-electron chi connectivity index (χ0n) is 15.7. The lowest BCUT2D eigenvalue weighted by atomic mass is 9.97. The molecule has 0 spiro atoms. The summed E-state index contributed by atoms with van der Waals surface area (Å²) < 4.78 is 0. The predicted molar refractivity (Wildman–Crippen MR) is 101 cm³/mol. The van der Waals surface area contributed by atoms with Crippen LogP contribution in [0.2, 0.25) is 0 Å². The molecular weight excluding hydrogens is 266 g/mol. The van der Waals surface area contributed by atoms with Gasteiger partial charge in [0.05, 0.1) is 0 Å². The summed E-state index contributed by atoms with van der Waals surface area (Å²) in [7, 11) is 2.02. The minimum Gasteiger partial charge on any atom is -0.313 e. The van der Waals surface area contributed by atoms with Crippen molar-refractivity contribution in [1.29, 1.82) is 0 Å². The third kappa shape index (κ3) is 8.90. The maximum absolute atomic E-state index is 3.41. The van der Waals surface area contributed by atoms with Gasteiger partial charge in [0.2, 0.25) is 0 Å². The average molecular weight is 302 g/mol. The molecule has 124 valence electrons. The van der Waals surface area contributed by atoms with E-state index in [-0.39, 0.29) is 0 Å². The van der Waals surface area contributed by atoms with Crippen molar-refractivity contribution >= 4 is 0 Å². The first-order valence-corrected chi connectivity index (χ1v) is 8.60. The van der Waals surface area contributed by atoms with Crippen molar-refractivity contribution in [1.82, 2.24) is 5.32 Å². The monoisotopic (exact) mass is 301 g/mol. The van der Waals surface area contributed by atoms with Crippen molar-refractivity contribution < 1.29 is 0 Å². The van der Waals surface area contributed by atoms with Gasteiger partial charge in [-0.05, 0) is 59.6 Å². The molecule has 0 aliphatic rings. The second kappa shape index (κ2) is 12.3. The summed E-state index contributed by atoms with van der Waals surface area (Å²) in [6, 6.07) is 0.443. The molecule has 0 aromatic heterocycles. The number of rotatable bonds is 8. The Labute approximate surface area is 139 Å². The summed E-state index contributed by atoms with van der Waals surface area (Å²) in [5.41, 5.74) is 3.96. The molecule has 1 N–H and O–H groups in total. The van der Waals surface area contributed by atoms with E-state index in [0.29, 0.717) is 12.0 Å². The molecule has 0 fully saturated rings. The highest BCUT2D eigenvalue weighted by Crippen LogP contribution is 2.16. The molecule has 2 atom stereocenters. The Morgan fingerprint density at radius 2 is 1.86 bits per heavy atom. The van der Waals surface area contributed by atoms with Crippen LogP contribution in [0.15, 0.2) is 34.9 Å². The highest BCUT2D eigenvalue weighted by molar-refractivity contribution is 5.35. The molecule has 0 rings (SSSR count). The van der Waals surface area contributed by atoms with Crippen LogP contribution in [0.25, 0.3) is 0 Å².